The van der Waals surface area contributed by atoms with Crippen molar-refractivity contribution in [2.24, 2.45) is 0 Å². The summed E-state index contributed by atoms with van der Waals surface area (Å²) in [6.07, 6.45) is 1.15. The van der Waals surface area contributed by atoms with Gasteiger partial charge in [0.05, 0.1) is 12.0 Å². The number of rotatable bonds is 4. The summed E-state index contributed by atoms with van der Waals surface area (Å²) in [5.41, 5.74) is 0.427. The molecule has 1 heterocycles. The van der Waals surface area contributed by atoms with Gasteiger partial charge in [-0.3, -0.25) is 14.9 Å². The second-order valence-electron chi connectivity index (χ2n) is 3.04. The monoisotopic (exact) mass is 225 g/mol. The van der Waals surface area contributed by atoms with Crippen molar-refractivity contribution < 1.29 is 14.5 Å². The van der Waals surface area contributed by atoms with Gasteiger partial charge in [0.1, 0.15) is 18.6 Å². The molecule has 0 atom stereocenters. The predicted octanol–water partition coefficient (Wildman–Crippen LogP) is 0.883. The number of esters is 1. The molecule has 0 aromatic carbocycles. The molecule has 0 amide bonds. The van der Waals surface area contributed by atoms with Gasteiger partial charge in [-0.2, -0.15) is 0 Å². The quantitative estimate of drug-likeness (QED) is 0.464. The molecule has 0 saturated carbocycles. The molecule has 1 aromatic rings. The van der Waals surface area contributed by atoms with E-state index in [2.05, 4.69) is 15.0 Å². The normalized spacial score (nSPS) is 9.62. The minimum Gasteiger partial charge on any atom is -0.468 e. The summed E-state index contributed by atoms with van der Waals surface area (Å²) in [6, 6.07) is 1.50. The van der Waals surface area contributed by atoms with Crippen LogP contribution in [0.5, 0.6) is 0 Å². The van der Waals surface area contributed by atoms with Crippen LogP contribution >= 0.6 is 0 Å². The molecule has 0 saturated heterocycles. The highest BCUT2D eigenvalue weighted by Gasteiger charge is 2.11. The second-order valence-corrected chi connectivity index (χ2v) is 3.04. The molecule has 16 heavy (non-hydrogen) atoms. The fourth-order valence-electron chi connectivity index (χ4n) is 1.07. The number of nitrogens with one attached hydrogen (secondary N) is 1. The molecule has 0 spiro atoms. The molecule has 1 aromatic heterocycles. The van der Waals surface area contributed by atoms with Crippen LogP contribution < -0.4 is 5.32 Å². The Morgan fingerprint density at radius 3 is 2.88 bits per heavy atom. The summed E-state index contributed by atoms with van der Waals surface area (Å²) in [7, 11) is 1.28. The average Bonchev–Trinajstić information content (AvgIpc) is 2.25. The Morgan fingerprint density at radius 1 is 1.69 bits per heavy atom. The smallest absolute Gasteiger partial charge is 0.325 e. The summed E-state index contributed by atoms with van der Waals surface area (Å²) in [4.78, 5) is 24.6. The van der Waals surface area contributed by atoms with Crippen molar-refractivity contribution in [1.29, 1.82) is 0 Å². The number of methoxy groups -OCH3 is 1. The number of aromatic nitrogens is 1. The molecule has 0 unspecified atom stereocenters. The van der Waals surface area contributed by atoms with Crippen molar-refractivity contribution in [2.75, 3.05) is 19.0 Å². The van der Waals surface area contributed by atoms with Crippen molar-refractivity contribution in [3.8, 4) is 0 Å². The molecule has 1 rings (SSSR count). The average molecular weight is 225 g/mol. The third-order valence-electron chi connectivity index (χ3n) is 1.92. The zero-order valence-electron chi connectivity index (χ0n) is 8.89. The summed E-state index contributed by atoms with van der Waals surface area (Å²) in [5, 5.41) is 13.2. The molecule has 86 valence electrons. The van der Waals surface area contributed by atoms with E-state index in [9.17, 15) is 14.9 Å². The van der Waals surface area contributed by atoms with Crippen LogP contribution in [0.4, 0.5) is 11.5 Å². The number of nitro groups is 1. The number of carbonyl (C=O) groups excluding carboxylic acids is 1. The molecule has 0 fully saturated rings. The topological polar surface area (TPSA) is 94.4 Å². The van der Waals surface area contributed by atoms with Crippen molar-refractivity contribution in [3.63, 3.8) is 0 Å². The van der Waals surface area contributed by atoms with Crippen LogP contribution in [0.15, 0.2) is 12.3 Å². The standard InChI is InChI=1S/C9H11N3O4/c1-6-3-8(11-5-9(13)16-2)10-4-7(6)12(14)15/h3-4H,5H2,1-2H3,(H,10,11). The molecule has 0 aliphatic carbocycles. The SMILES string of the molecule is COC(=O)CNc1cc(C)c([N+](=O)[O-])cn1. The van der Waals surface area contributed by atoms with E-state index in [0.29, 0.717) is 11.4 Å². The van der Waals surface area contributed by atoms with Crippen molar-refractivity contribution in [3.05, 3.63) is 27.9 Å². The van der Waals surface area contributed by atoms with Gasteiger partial charge >= 0.3 is 5.97 Å². The third-order valence-corrected chi connectivity index (χ3v) is 1.92. The maximum atomic E-state index is 10.8. The Labute approximate surface area is 91.6 Å². The molecule has 7 heteroatoms. The molecule has 0 bridgehead atoms. The third kappa shape index (κ3) is 2.91. The van der Waals surface area contributed by atoms with Gasteiger partial charge < -0.3 is 10.1 Å². The fraction of sp³-hybridized carbons (Fsp3) is 0.333. The Bertz CT molecular complexity index is 419. The van der Waals surface area contributed by atoms with E-state index in [1.165, 1.54) is 13.2 Å². The highest BCUT2D eigenvalue weighted by atomic mass is 16.6. The molecule has 0 radical (unpaired) electrons. The van der Waals surface area contributed by atoms with Gasteiger partial charge in [0, 0.05) is 5.56 Å². The Kier molecular flexibility index (Phi) is 3.76. The minimum absolute atomic E-state index is 0.0270. The van der Waals surface area contributed by atoms with Crippen molar-refractivity contribution >= 4 is 17.5 Å². The maximum absolute atomic E-state index is 10.8. The number of hydrogen-bond acceptors (Lipinski definition) is 6. The summed E-state index contributed by atoms with van der Waals surface area (Å²) >= 11 is 0. The molecular formula is C9H11N3O4. The van der Waals surface area contributed by atoms with E-state index in [1.54, 1.807) is 6.92 Å². The predicted molar refractivity (Wildman–Crippen MR) is 56.1 cm³/mol. The zero-order valence-corrected chi connectivity index (χ0v) is 8.89. The summed E-state index contributed by atoms with van der Waals surface area (Å²) in [6.45, 7) is 1.57. The molecular weight excluding hydrogens is 214 g/mol. The maximum Gasteiger partial charge on any atom is 0.325 e. The Morgan fingerprint density at radius 2 is 2.38 bits per heavy atom. The van der Waals surface area contributed by atoms with Gasteiger partial charge in [-0.1, -0.05) is 0 Å². The van der Waals surface area contributed by atoms with Crippen LogP contribution in [0, 0.1) is 17.0 Å². The first-order chi connectivity index (χ1) is 7.54. The van der Waals surface area contributed by atoms with Crippen molar-refractivity contribution in [1.82, 2.24) is 4.98 Å². The number of carbonyl (C=O) groups is 1. The van der Waals surface area contributed by atoms with Crippen LogP contribution in [0.2, 0.25) is 0 Å². The zero-order chi connectivity index (χ0) is 12.1. The summed E-state index contributed by atoms with van der Waals surface area (Å²) in [5.74, 6) is -0.0358. The lowest BCUT2D eigenvalue weighted by molar-refractivity contribution is -0.385. The van der Waals surface area contributed by atoms with Gasteiger partial charge in [-0.15, -0.1) is 0 Å². The molecule has 0 aliphatic heterocycles. The Balaban J connectivity index is 2.74. The van der Waals surface area contributed by atoms with Gasteiger partial charge in [-0.05, 0) is 13.0 Å². The number of pyridine rings is 1. The second kappa shape index (κ2) is 5.06. The lowest BCUT2D eigenvalue weighted by Crippen LogP contribution is -2.15. The van der Waals surface area contributed by atoms with Crippen LogP contribution in [0.3, 0.4) is 0 Å². The number of anilines is 1. The van der Waals surface area contributed by atoms with Crippen molar-refractivity contribution in [2.45, 2.75) is 6.92 Å². The van der Waals surface area contributed by atoms with E-state index < -0.39 is 10.9 Å². The van der Waals surface area contributed by atoms with E-state index >= 15 is 0 Å². The van der Waals surface area contributed by atoms with E-state index in [-0.39, 0.29) is 12.2 Å². The first-order valence-electron chi connectivity index (χ1n) is 4.46. The lowest BCUT2D eigenvalue weighted by atomic mass is 10.2. The number of hydrogen-bond donors (Lipinski definition) is 1. The van der Waals surface area contributed by atoms with E-state index in [4.69, 9.17) is 0 Å². The van der Waals surface area contributed by atoms with Crippen LogP contribution in [-0.2, 0) is 9.53 Å². The first kappa shape index (κ1) is 11.9. The van der Waals surface area contributed by atoms with Gasteiger partial charge in [0.2, 0.25) is 0 Å². The molecule has 7 nitrogen and oxygen atoms in total. The Hall–Kier alpha value is -2.18. The lowest BCUT2D eigenvalue weighted by Gasteiger charge is -2.04. The van der Waals surface area contributed by atoms with Crippen LogP contribution in [0.1, 0.15) is 5.56 Å². The summed E-state index contributed by atoms with van der Waals surface area (Å²) < 4.78 is 4.43. The highest BCUT2D eigenvalue weighted by Crippen LogP contribution is 2.18. The van der Waals surface area contributed by atoms with Crippen LogP contribution in [0.25, 0.3) is 0 Å². The minimum atomic E-state index is -0.508. The van der Waals surface area contributed by atoms with Gasteiger partial charge in [0.15, 0.2) is 0 Å². The highest BCUT2D eigenvalue weighted by molar-refractivity contribution is 5.74. The van der Waals surface area contributed by atoms with E-state index in [1.807, 2.05) is 0 Å². The van der Waals surface area contributed by atoms with Crippen LogP contribution in [-0.4, -0.2) is 29.5 Å². The number of nitrogens with zero attached hydrogens (tertiary/aromatic N) is 2. The molecule has 0 aliphatic rings. The van der Waals surface area contributed by atoms with Gasteiger partial charge in [0.25, 0.3) is 5.69 Å². The molecule has 1 N–H and O–H groups in total. The van der Waals surface area contributed by atoms with Gasteiger partial charge in [-0.25, -0.2) is 4.98 Å². The fourth-order valence-corrected chi connectivity index (χ4v) is 1.07. The number of aryl methyl sites for hydroxylation is 1. The first-order valence-corrected chi connectivity index (χ1v) is 4.46. The largest absolute Gasteiger partial charge is 0.468 e. The number of ether oxygens (including phenoxy) is 1. The van der Waals surface area contributed by atoms with E-state index in [0.717, 1.165) is 6.20 Å².